The first kappa shape index (κ1) is 19.5. The van der Waals surface area contributed by atoms with Crippen LogP contribution in [0.2, 0.25) is 0 Å². The van der Waals surface area contributed by atoms with Gasteiger partial charge in [-0.15, -0.1) is 6.58 Å². The van der Waals surface area contributed by atoms with Gasteiger partial charge in [-0.25, -0.2) is 0 Å². The van der Waals surface area contributed by atoms with Crippen LogP contribution in [0.25, 0.3) is 5.57 Å². The molecule has 2 saturated heterocycles. The number of imide groups is 1. The zero-order chi connectivity index (χ0) is 21.9. The van der Waals surface area contributed by atoms with Crippen LogP contribution < -0.4 is 4.90 Å². The van der Waals surface area contributed by atoms with E-state index < -0.39 is 17.9 Å². The zero-order valence-corrected chi connectivity index (χ0v) is 17.6. The van der Waals surface area contributed by atoms with Gasteiger partial charge in [-0.3, -0.25) is 19.3 Å². The van der Waals surface area contributed by atoms with E-state index in [-0.39, 0.29) is 30.2 Å². The first-order valence-corrected chi connectivity index (χ1v) is 10.6. The fourth-order valence-corrected chi connectivity index (χ4v) is 5.40. The van der Waals surface area contributed by atoms with Gasteiger partial charge in [-0.05, 0) is 31.6 Å². The molecule has 0 saturated carbocycles. The van der Waals surface area contributed by atoms with Crippen LogP contribution in [0.5, 0.6) is 0 Å². The molecule has 2 aromatic carbocycles. The van der Waals surface area contributed by atoms with E-state index in [9.17, 15) is 14.4 Å². The van der Waals surface area contributed by atoms with Crippen molar-refractivity contribution in [2.45, 2.75) is 25.9 Å². The Morgan fingerprint density at radius 2 is 1.74 bits per heavy atom. The molecular formula is C26H24N2O3. The second-order valence-electron chi connectivity index (χ2n) is 8.57. The summed E-state index contributed by atoms with van der Waals surface area (Å²) in [4.78, 5) is 43.7. The molecule has 0 aliphatic carbocycles. The molecule has 156 valence electrons. The number of hydrogen-bond acceptors (Lipinski definition) is 4. The number of aryl methyl sites for hydroxylation is 1. The van der Waals surface area contributed by atoms with Crippen LogP contribution in [0.1, 0.15) is 28.4 Å². The van der Waals surface area contributed by atoms with Crippen molar-refractivity contribution in [2.24, 2.45) is 11.8 Å². The highest BCUT2D eigenvalue weighted by Gasteiger charge is 2.64. The molecule has 3 aliphatic heterocycles. The third-order valence-electron chi connectivity index (χ3n) is 6.73. The van der Waals surface area contributed by atoms with Crippen LogP contribution in [-0.2, 0) is 9.59 Å². The number of rotatable bonds is 4. The average molecular weight is 412 g/mol. The number of ketones is 1. The Bertz CT molecular complexity index is 1150. The Labute approximate surface area is 181 Å². The van der Waals surface area contributed by atoms with E-state index in [4.69, 9.17) is 0 Å². The summed E-state index contributed by atoms with van der Waals surface area (Å²) in [6.07, 6.45) is 3.61. The van der Waals surface area contributed by atoms with Gasteiger partial charge in [0.1, 0.15) is 6.04 Å². The number of nitrogens with zero attached hydrogens (tertiary/aromatic N) is 2. The highest BCUT2D eigenvalue weighted by atomic mass is 16.2. The third-order valence-corrected chi connectivity index (χ3v) is 6.73. The predicted molar refractivity (Wildman–Crippen MR) is 120 cm³/mol. The largest absolute Gasteiger partial charge is 0.352 e. The summed E-state index contributed by atoms with van der Waals surface area (Å²) in [5.74, 6) is -1.90. The molecular weight excluding hydrogens is 388 g/mol. The summed E-state index contributed by atoms with van der Waals surface area (Å²) in [5.41, 5.74) is 4.70. The minimum absolute atomic E-state index is 0.126. The summed E-state index contributed by atoms with van der Waals surface area (Å²) in [5, 5.41) is 0. The second-order valence-corrected chi connectivity index (χ2v) is 8.57. The van der Waals surface area contributed by atoms with E-state index in [1.807, 2.05) is 49.1 Å². The number of fused-ring (bicyclic) bond motifs is 5. The molecule has 0 radical (unpaired) electrons. The standard InChI is InChI=1S/C26H24N2O3/c1-4-12-27-25(30)21-20-14-16(3)18-13-15(2)10-11-19(18)28(20)23(22(21)26(27)31)24(29)17-8-6-5-7-9-17/h4-11,13-14,20-23H,1,12H2,2-3H3. The summed E-state index contributed by atoms with van der Waals surface area (Å²) in [7, 11) is 0. The van der Waals surface area contributed by atoms with Crippen LogP contribution in [0.15, 0.2) is 67.3 Å². The Hall–Kier alpha value is -3.47. The van der Waals surface area contributed by atoms with E-state index in [0.29, 0.717) is 5.56 Å². The summed E-state index contributed by atoms with van der Waals surface area (Å²) in [6, 6.07) is 14.1. The van der Waals surface area contributed by atoms with Gasteiger partial charge in [-0.1, -0.05) is 54.1 Å². The molecule has 5 heteroatoms. The van der Waals surface area contributed by atoms with Crippen molar-refractivity contribution in [2.75, 3.05) is 11.4 Å². The number of Topliss-reactive ketones (excluding diaryl/α,β-unsaturated/α-hetero) is 1. The quantitative estimate of drug-likeness (QED) is 0.437. The van der Waals surface area contributed by atoms with Gasteiger partial charge < -0.3 is 4.90 Å². The minimum atomic E-state index is -0.727. The molecule has 2 amide bonds. The van der Waals surface area contributed by atoms with Gasteiger partial charge in [-0.2, -0.15) is 0 Å². The van der Waals surface area contributed by atoms with Crippen LogP contribution in [0.3, 0.4) is 0 Å². The first-order chi connectivity index (χ1) is 14.9. The number of carbonyl (C=O) groups is 3. The number of hydrogen-bond donors (Lipinski definition) is 0. The molecule has 2 aromatic rings. The summed E-state index contributed by atoms with van der Waals surface area (Å²) < 4.78 is 0. The second kappa shape index (κ2) is 7.05. The van der Waals surface area contributed by atoms with E-state index in [2.05, 4.69) is 18.7 Å². The maximum absolute atomic E-state index is 13.8. The van der Waals surface area contributed by atoms with Crippen molar-refractivity contribution in [1.29, 1.82) is 0 Å². The van der Waals surface area contributed by atoms with Gasteiger partial charge in [0.05, 0.1) is 17.9 Å². The van der Waals surface area contributed by atoms with Gasteiger partial charge in [0.25, 0.3) is 0 Å². The molecule has 0 spiro atoms. The van der Waals surface area contributed by atoms with E-state index >= 15 is 0 Å². The maximum Gasteiger partial charge on any atom is 0.236 e. The third kappa shape index (κ3) is 2.73. The number of benzene rings is 2. The Balaban J connectivity index is 1.70. The lowest BCUT2D eigenvalue weighted by Crippen LogP contribution is -2.49. The Morgan fingerprint density at radius 3 is 2.45 bits per heavy atom. The fourth-order valence-electron chi connectivity index (χ4n) is 5.40. The smallest absolute Gasteiger partial charge is 0.236 e. The van der Waals surface area contributed by atoms with Crippen molar-refractivity contribution < 1.29 is 14.4 Å². The van der Waals surface area contributed by atoms with Crippen molar-refractivity contribution >= 4 is 28.9 Å². The molecule has 4 atom stereocenters. The van der Waals surface area contributed by atoms with E-state index in [1.54, 1.807) is 18.2 Å². The van der Waals surface area contributed by atoms with Crippen molar-refractivity contribution in [1.82, 2.24) is 4.90 Å². The van der Waals surface area contributed by atoms with Gasteiger partial charge >= 0.3 is 0 Å². The lowest BCUT2D eigenvalue weighted by Gasteiger charge is -2.38. The van der Waals surface area contributed by atoms with Crippen molar-refractivity contribution in [3.63, 3.8) is 0 Å². The molecule has 5 nitrogen and oxygen atoms in total. The summed E-state index contributed by atoms with van der Waals surface area (Å²) >= 11 is 0. The molecule has 3 heterocycles. The van der Waals surface area contributed by atoms with Gasteiger partial charge in [0.2, 0.25) is 11.8 Å². The van der Waals surface area contributed by atoms with E-state index in [0.717, 1.165) is 22.4 Å². The topological polar surface area (TPSA) is 57.7 Å². The lowest BCUT2D eigenvalue weighted by molar-refractivity contribution is -0.139. The number of carbonyl (C=O) groups excluding carboxylic acids is 3. The van der Waals surface area contributed by atoms with Gasteiger partial charge in [0, 0.05) is 23.4 Å². The normalized spacial score (nSPS) is 26.3. The van der Waals surface area contributed by atoms with Crippen molar-refractivity contribution in [3.8, 4) is 0 Å². The van der Waals surface area contributed by atoms with E-state index in [1.165, 1.54) is 4.90 Å². The molecule has 4 unspecified atom stereocenters. The molecule has 5 rings (SSSR count). The molecule has 0 N–H and O–H groups in total. The van der Waals surface area contributed by atoms with Crippen LogP contribution in [0.4, 0.5) is 5.69 Å². The Kier molecular flexibility index (Phi) is 4.43. The fraction of sp³-hybridized carbons (Fsp3) is 0.269. The molecule has 2 fully saturated rings. The predicted octanol–water partition coefficient (Wildman–Crippen LogP) is 3.64. The SMILES string of the molecule is C=CCN1C(=O)C2C(C1=O)C(C(=O)c1ccccc1)N1c3ccc(C)cc3C(C)=CC21. The van der Waals surface area contributed by atoms with Crippen LogP contribution >= 0.6 is 0 Å². The number of likely N-dealkylation sites (tertiary alicyclic amines) is 1. The molecule has 31 heavy (non-hydrogen) atoms. The monoisotopic (exact) mass is 412 g/mol. The minimum Gasteiger partial charge on any atom is -0.352 e. The highest BCUT2D eigenvalue weighted by Crippen LogP contribution is 2.50. The number of amides is 2. The average Bonchev–Trinajstić information content (AvgIpc) is 3.23. The number of anilines is 1. The van der Waals surface area contributed by atoms with Crippen molar-refractivity contribution in [3.05, 3.63) is 84.0 Å². The molecule has 0 aromatic heterocycles. The summed E-state index contributed by atoms with van der Waals surface area (Å²) in [6.45, 7) is 7.91. The lowest BCUT2D eigenvalue weighted by atomic mass is 9.85. The number of allylic oxidation sites excluding steroid dienone is 1. The zero-order valence-electron chi connectivity index (χ0n) is 17.6. The van der Waals surface area contributed by atoms with Crippen LogP contribution in [0, 0.1) is 18.8 Å². The first-order valence-electron chi connectivity index (χ1n) is 10.6. The Morgan fingerprint density at radius 1 is 1.03 bits per heavy atom. The maximum atomic E-state index is 13.8. The highest BCUT2D eigenvalue weighted by molar-refractivity contribution is 6.14. The van der Waals surface area contributed by atoms with Crippen LogP contribution in [-0.4, -0.2) is 41.1 Å². The molecule has 0 bridgehead atoms. The molecule has 3 aliphatic rings. The van der Waals surface area contributed by atoms with Gasteiger partial charge in [0.15, 0.2) is 5.78 Å².